The molecular weight excluding hydrogens is 338 g/mol. The highest BCUT2D eigenvalue weighted by Gasteiger charge is 2.37. The lowest BCUT2D eigenvalue weighted by molar-refractivity contribution is -0.143. The number of amides is 1. The molecule has 0 aromatic heterocycles. The number of ether oxygens (including phenoxy) is 1. The molecule has 1 amide bonds. The Morgan fingerprint density at radius 2 is 1.92 bits per heavy atom. The molecule has 2 N–H and O–H groups in total. The van der Waals surface area contributed by atoms with Crippen LogP contribution in [0.3, 0.4) is 0 Å². The SMILES string of the molecule is COC(=O)[C@@H](CCO[Si](C)(C)C(C)(C)C)NC(=O)c1cccc(O)c1. The smallest absolute Gasteiger partial charge is 0.328 e. The van der Waals surface area contributed by atoms with Crippen molar-refractivity contribution in [3.63, 3.8) is 0 Å². The topological polar surface area (TPSA) is 84.9 Å². The van der Waals surface area contributed by atoms with Gasteiger partial charge in [-0.3, -0.25) is 4.79 Å². The predicted molar refractivity (Wildman–Crippen MR) is 99.1 cm³/mol. The number of nitrogens with one attached hydrogen (secondary N) is 1. The number of aromatic hydroxyl groups is 1. The second-order valence-electron chi connectivity index (χ2n) is 7.50. The highest BCUT2D eigenvalue weighted by atomic mass is 28.4. The number of carbonyl (C=O) groups excluding carboxylic acids is 2. The van der Waals surface area contributed by atoms with Crippen molar-refractivity contribution in [1.82, 2.24) is 5.32 Å². The number of esters is 1. The van der Waals surface area contributed by atoms with Crippen molar-refractivity contribution in [3.8, 4) is 5.75 Å². The third-order valence-corrected chi connectivity index (χ3v) is 9.11. The zero-order valence-electron chi connectivity index (χ0n) is 15.9. The van der Waals surface area contributed by atoms with Gasteiger partial charge in [-0.25, -0.2) is 4.79 Å². The molecule has 1 aromatic rings. The Bertz CT molecular complexity index is 610. The molecular formula is C18H29NO5Si. The molecule has 0 aliphatic rings. The van der Waals surface area contributed by atoms with Gasteiger partial charge >= 0.3 is 5.97 Å². The lowest BCUT2D eigenvalue weighted by Crippen LogP contribution is -2.45. The van der Waals surface area contributed by atoms with Gasteiger partial charge in [0.2, 0.25) is 0 Å². The number of carbonyl (C=O) groups is 2. The molecule has 0 spiro atoms. The van der Waals surface area contributed by atoms with Gasteiger partial charge in [-0.2, -0.15) is 0 Å². The predicted octanol–water partition coefficient (Wildman–Crippen LogP) is 3.08. The third kappa shape index (κ3) is 6.17. The van der Waals surface area contributed by atoms with E-state index < -0.39 is 26.2 Å². The van der Waals surface area contributed by atoms with Gasteiger partial charge in [0.1, 0.15) is 11.8 Å². The lowest BCUT2D eigenvalue weighted by atomic mass is 10.1. The van der Waals surface area contributed by atoms with E-state index >= 15 is 0 Å². The van der Waals surface area contributed by atoms with Gasteiger partial charge in [0, 0.05) is 18.6 Å². The van der Waals surface area contributed by atoms with Crippen LogP contribution in [0.25, 0.3) is 0 Å². The Morgan fingerprint density at radius 1 is 1.28 bits per heavy atom. The molecule has 0 saturated carbocycles. The molecule has 6 nitrogen and oxygen atoms in total. The maximum atomic E-state index is 12.3. The van der Waals surface area contributed by atoms with E-state index in [1.807, 2.05) is 0 Å². The molecule has 0 heterocycles. The number of phenols is 1. The molecule has 1 rings (SSSR count). The summed E-state index contributed by atoms with van der Waals surface area (Å²) in [5.41, 5.74) is 0.277. The molecule has 0 radical (unpaired) electrons. The standard InChI is InChI=1S/C18H29NO5Si/c1-18(2,3)25(5,6)24-11-10-15(17(22)23-4)19-16(21)13-8-7-9-14(20)12-13/h7-9,12,15,20H,10-11H2,1-6H3,(H,19,21)/t15-/m1/s1. The zero-order chi connectivity index (χ0) is 19.3. The minimum atomic E-state index is -1.93. The van der Waals surface area contributed by atoms with Crippen LogP contribution >= 0.6 is 0 Å². The first-order valence-corrected chi connectivity index (χ1v) is 11.2. The van der Waals surface area contributed by atoms with E-state index in [-0.39, 0.29) is 16.4 Å². The van der Waals surface area contributed by atoms with E-state index in [9.17, 15) is 14.7 Å². The van der Waals surface area contributed by atoms with Crippen molar-refractivity contribution in [3.05, 3.63) is 29.8 Å². The number of hydrogen-bond donors (Lipinski definition) is 2. The third-order valence-electron chi connectivity index (χ3n) is 4.57. The number of benzene rings is 1. The van der Waals surface area contributed by atoms with Crippen molar-refractivity contribution in [2.75, 3.05) is 13.7 Å². The fraction of sp³-hybridized carbons (Fsp3) is 0.556. The lowest BCUT2D eigenvalue weighted by Gasteiger charge is -2.36. The summed E-state index contributed by atoms with van der Waals surface area (Å²) in [6, 6.07) is 5.15. The summed E-state index contributed by atoms with van der Waals surface area (Å²) in [6.45, 7) is 11.0. The second-order valence-corrected chi connectivity index (χ2v) is 12.3. The molecule has 25 heavy (non-hydrogen) atoms. The molecule has 0 fully saturated rings. The van der Waals surface area contributed by atoms with Gasteiger partial charge in [0.05, 0.1) is 7.11 Å². The Balaban J connectivity index is 2.72. The van der Waals surface area contributed by atoms with E-state index in [2.05, 4.69) is 39.2 Å². The molecule has 0 saturated heterocycles. The molecule has 0 unspecified atom stereocenters. The van der Waals surface area contributed by atoms with Gasteiger partial charge in [-0.15, -0.1) is 0 Å². The highest BCUT2D eigenvalue weighted by Crippen LogP contribution is 2.36. The van der Waals surface area contributed by atoms with Gasteiger partial charge < -0.3 is 19.6 Å². The van der Waals surface area contributed by atoms with Crippen LogP contribution in [0.2, 0.25) is 18.1 Å². The maximum Gasteiger partial charge on any atom is 0.328 e. The molecule has 0 aliphatic carbocycles. The fourth-order valence-corrected chi connectivity index (χ4v) is 2.99. The zero-order valence-corrected chi connectivity index (χ0v) is 16.9. The number of hydrogen-bond acceptors (Lipinski definition) is 5. The van der Waals surface area contributed by atoms with Crippen LogP contribution < -0.4 is 5.32 Å². The summed E-state index contributed by atoms with van der Waals surface area (Å²) in [6.07, 6.45) is 0.323. The minimum Gasteiger partial charge on any atom is -0.508 e. The molecule has 7 heteroatoms. The first-order valence-electron chi connectivity index (χ1n) is 8.29. The van der Waals surface area contributed by atoms with E-state index in [0.29, 0.717) is 13.0 Å². The average molecular weight is 368 g/mol. The van der Waals surface area contributed by atoms with Gasteiger partial charge in [0.15, 0.2) is 8.32 Å². The van der Waals surface area contributed by atoms with Crippen molar-refractivity contribution in [2.24, 2.45) is 0 Å². The number of rotatable bonds is 7. The van der Waals surface area contributed by atoms with E-state index in [4.69, 9.17) is 9.16 Å². The van der Waals surface area contributed by atoms with E-state index in [0.717, 1.165) is 0 Å². The van der Waals surface area contributed by atoms with Gasteiger partial charge in [-0.1, -0.05) is 26.8 Å². The summed E-state index contributed by atoms with van der Waals surface area (Å²) in [5, 5.41) is 12.2. The van der Waals surface area contributed by atoms with Crippen LogP contribution in [0, 0.1) is 0 Å². The van der Waals surface area contributed by atoms with Crippen LogP contribution in [0.15, 0.2) is 24.3 Å². The molecule has 0 aliphatic heterocycles. The normalized spacial score (nSPS) is 13.2. The van der Waals surface area contributed by atoms with Crippen molar-refractivity contribution >= 4 is 20.2 Å². The maximum absolute atomic E-state index is 12.3. The quantitative estimate of drug-likeness (QED) is 0.571. The molecule has 1 atom stereocenters. The summed E-state index contributed by atoms with van der Waals surface area (Å²) in [5.74, 6) is -0.977. The van der Waals surface area contributed by atoms with Crippen LogP contribution in [0.1, 0.15) is 37.6 Å². The summed E-state index contributed by atoms with van der Waals surface area (Å²) < 4.78 is 10.8. The summed E-state index contributed by atoms with van der Waals surface area (Å²) in [4.78, 5) is 24.3. The van der Waals surface area contributed by atoms with Crippen LogP contribution in [-0.4, -0.2) is 45.1 Å². The monoisotopic (exact) mass is 367 g/mol. The second kappa shape index (κ2) is 8.49. The fourth-order valence-electron chi connectivity index (χ4n) is 1.93. The summed E-state index contributed by atoms with van der Waals surface area (Å²) in [7, 11) is -0.644. The Kier molecular flexibility index (Phi) is 7.19. The number of methoxy groups -OCH3 is 1. The number of phenolic OH excluding ortho intramolecular Hbond substituents is 1. The Labute approximate surface area is 150 Å². The minimum absolute atomic E-state index is 0.0106. The van der Waals surface area contributed by atoms with Gasteiger partial charge in [-0.05, 0) is 36.3 Å². The Hall–Kier alpha value is -1.86. The largest absolute Gasteiger partial charge is 0.508 e. The van der Waals surface area contributed by atoms with Crippen molar-refractivity contribution in [2.45, 2.75) is 51.4 Å². The van der Waals surface area contributed by atoms with Gasteiger partial charge in [0.25, 0.3) is 5.91 Å². The van der Waals surface area contributed by atoms with Crippen LogP contribution in [0.4, 0.5) is 0 Å². The first kappa shape index (κ1) is 21.2. The molecule has 0 bridgehead atoms. The summed E-state index contributed by atoms with van der Waals surface area (Å²) >= 11 is 0. The molecule has 1 aromatic carbocycles. The van der Waals surface area contributed by atoms with Crippen LogP contribution in [0.5, 0.6) is 5.75 Å². The Morgan fingerprint density at radius 3 is 2.44 bits per heavy atom. The van der Waals surface area contributed by atoms with E-state index in [1.54, 1.807) is 12.1 Å². The van der Waals surface area contributed by atoms with Crippen molar-refractivity contribution < 1.29 is 23.9 Å². The average Bonchev–Trinajstić information content (AvgIpc) is 2.51. The first-order chi connectivity index (χ1) is 11.5. The highest BCUT2D eigenvalue weighted by molar-refractivity contribution is 6.74. The van der Waals surface area contributed by atoms with E-state index in [1.165, 1.54) is 19.2 Å². The molecule has 140 valence electrons. The van der Waals surface area contributed by atoms with Crippen LogP contribution in [-0.2, 0) is 14.0 Å². The van der Waals surface area contributed by atoms with Crippen molar-refractivity contribution in [1.29, 1.82) is 0 Å².